The quantitative estimate of drug-likeness (QED) is 0.501. The number of hydrogen-bond acceptors (Lipinski definition) is 6. The molecule has 34 heavy (non-hydrogen) atoms. The number of amides is 4. The molecule has 2 aromatic heterocycles. The van der Waals surface area contributed by atoms with Crippen LogP contribution in [0.5, 0.6) is 0 Å². The number of fused-ring (bicyclic) bond motifs is 1. The highest BCUT2D eigenvalue weighted by atomic mass is 32.1. The fourth-order valence-electron chi connectivity index (χ4n) is 5.09. The Morgan fingerprint density at radius 1 is 1.18 bits per heavy atom. The highest BCUT2D eigenvalue weighted by Gasteiger charge is 2.52. The van der Waals surface area contributed by atoms with Crippen LogP contribution < -0.4 is 10.7 Å². The monoisotopic (exact) mass is 484 g/mol. The molecular formula is C24H28N4O5S. The molecule has 1 saturated heterocycles. The number of esters is 1. The third-order valence-corrected chi connectivity index (χ3v) is 8.36. The van der Waals surface area contributed by atoms with Crippen LogP contribution in [0.15, 0.2) is 24.5 Å². The lowest BCUT2D eigenvalue weighted by Crippen LogP contribution is -2.52. The van der Waals surface area contributed by atoms with Crippen molar-refractivity contribution in [2.45, 2.75) is 63.8 Å². The molecule has 1 spiro atoms. The van der Waals surface area contributed by atoms with E-state index >= 15 is 0 Å². The Labute approximate surface area is 201 Å². The SMILES string of the molecule is CC1CCC2(CC1)NC(=O)N(NC(=O)COC(=O)c1c(-n3cccc3)sc3c1CCCC3)C2=O. The lowest BCUT2D eigenvalue weighted by atomic mass is 9.77. The van der Waals surface area contributed by atoms with Crippen LogP contribution in [-0.4, -0.2) is 45.5 Å². The van der Waals surface area contributed by atoms with Crippen molar-refractivity contribution >= 4 is 35.2 Å². The van der Waals surface area contributed by atoms with Crippen molar-refractivity contribution in [2.24, 2.45) is 5.92 Å². The first-order chi connectivity index (χ1) is 16.4. The molecule has 0 atom stereocenters. The number of carbonyl (C=O) groups excluding carboxylic acids is 4. The number of aryl methyl sites for hydroxylation is 1. The Balaban J connectivity index is 1.25. The van der Waals surface area contributed by atoms with Gasteiger partial charge in [-0.15, -0.1) is 11.3 Å². The third-order valence-electron chi connectivity index (χ3n) is 7.06. The first-order valence-electron chi connectivity index (χ1n) is 11.8. The maximum absolute atomic E-state index is 13.1. The first kappa shape index (κ1) is 22.6. The van der Waals surface area contributed by atoms with E-state index in [0.717, 1.165) is 54.1 Å². The Morgan fingerprint density at radius 2 is 1.88 bits per heavy atom. The molecule has 10 heteroatoms. The number of ether oxygens (including phenoxy) is 1. The molecule has 0 aromatic carbocycles. The van der Waals surface area contributed by atoms with Gasteiger partial charge in [0.2, 0.25) is 0 Å². The van der Waals surface area contributed by atoms with Crippen LogP contribution in [0.2, 0.25) is 0 Å². The van der Waals surface area contributed by atoms with Gasteiger partial charge in [0.1, 0.15) is 10.5 Å². The van der Waals surface area contributed by atoms with Gasteiger partial charge in [0, 0.05) is 17.3 Å². The number of hydrazine groups is 1. The van der Waals surface area contributed by atoms with E-state index in [9.17, 15) is 19.2 Å². The second-order valence-electron chi connectivity index (χ2n) is 9.43. The van der Waals surface area contributed by atoms with Crippen molar-refractivity contribution in [3.8, 4) is 5.00 Å². The van der Waals surface area contributed by atoms with Crippen LogP contribution in [0.25, 0.3) is 5.00 Å². The molecule has 4 amide bonds. The summed E-state index contributed by atoms with van der Waals surface area (Å²) in [5, 5.41) is 4.26. The summed E-state index contributed by atoms with van der Waals surface area (Å²) in [7, 11) is 0. The molecule has 1 saturated carbocycles. The number of hydrogen-bond donors (Lipinski definition) is 2. The zero-order chi connectivity index (χ0) is 23.9. The standard InChI is InChI=1S/C24H28N4O5S/c1-15-8-10-24(11-9-15)22(31)28(23(32)25-24)26-18(29)14-33-21(30)19-16-6-2-3-7-17(16)34-20(19)27-12-4-5-13-27/h4-5,12-13,15H,2-3,6-11,14H2,1H3,(H,25,32)(H,26,29). The van der Waals surface area contributed by atoms with Gasteiger partial charge in [-0.05, 0) is 75.0 Å². The van der Waals surface area contributed by atoms with Gasteiger partial charge in [-0.3, -0.25) is 15.0 Å². The van der Waals surface area contributed by atoms with Crippen LogP contribution in [0.1, 0.15) is 66.2 Å². The predicted octanol–water partition coefficient (Wildman–Crippen LogP) is 3.11. The average molecular weight is 485 g/mol. The highest BCUT2D eigenvalue weighted by Crippen LogP contribution is 2.38. The molecule has 3 aliphatic rings. The molecule has 2 fully saturated rings. The van der Waals surface area contributed by atoms with E-state index in [2.05, 4.69) is 17.7 Å². The zero-order valence-electron chi connectivity index (χ0n) is 19.1. The van der Waals surface area contributed by atoms with Crippen molar-refractivity contribution in [1.29, 1.82) is 0 Å². The molecule has 0 unspecified atom stereocenters. The second-order valence-corrected chi connectivity index (χ2v) is 10.5. The minimum absolute atomic E-state index is 0.453. The number of nitrogens with zero attached hydrogens (tertiary/aromatic N) is 2. The molecule has 5 rings (SSSR count). The second kappa shape index (κ2) is 8.90. The van der Waals surface area contributed by atoms with Crippen LogP contribution in [0.3, 0.4) is 0 Å². The van der Waals surface area contributed by atoms with Crippen LogP contribution in [0.4, 0.5) is 4.79 Å². The number of urea groups is 1. The van der Waals surface area contributed by atoms with Gasteiger partial charge in [-0.25, -0.2) is 9.59 Å². The van der Waals surface area contributed by atoms with Crippen LogP contribution in [-0.2, 0) is 27.2 Å². The fourth-order valence-corrected chi connectivity index (χ4v) is 6.43. The highest BCUT2D eigenvalue weighted by molar-refractivity contribution is 7.15. The van der Waals surface area contributed by atoms with Crippen molar-refractivity contribution in [3.63, 3.8) is 0 Å². The van der Waals surface area contributed by atoms with Crippen molar-refractivity contribution in [1.82, 2.24) is 20.3 Å². The average Bonchev–Trinajstić information content (AvgIpc) is 3.54. The summed E-state index contributed by atoms with van der Waals surface area (Å²) in [5.41, 5.74) is 2.86. The maximum Gasteiger partial charge on any atom is 0.344 e. The number of imide groups is 1. The van der Waals surface area contributed by atoms with Crippen molar-refractivity contribution in [2.75, 3.05) is 6.61 Å². The summed E-state index contributed by atoms with van der Waals surface area (Å²) >= 11 is 1.58. The van der Waals surface area contributed by atoms with E-state index in [0.29, 0.717) is 24.3 Å². The smallest absolute Gasteiger partial charge is 0.344 e. The van der Waals surface area contributed by atoms with Gasteiger partial charge in [-0.1, -0.05) is 6.92 Å². The normalized spacial score (nSPS) is 24.1. The summed E-state index contributed by atoms with van der Waals surface area (Å²) in [5.74, 6) is -1.26. The Kier molecular flexibility index (Phi) is 5.93. The number of thiophene rings is 1. The molecule has 1 aliphatic heterocycles. The van der Waals surface area contributed by atoms with Gasteiger partial charge in [-0.2, -0.15) is 5.01 Å². The zero-order valence-corrected chi connectivity index (χ0v) is 19.9. The topological polar surface area (TPSA) is 110 Å². The van der Waals surface area contributed by atoms with Crippen molar-refractivity contribution in [3.05, 3.63) is 40.5 Å². The molecule has 0 bridgehead atoms. The van der Waals surface area contributed by atoms with E-state index in [1.54, 1.807) is 11.3 Å². The predicted molar refractivity (Wildman–Crippen MR) is 124 cm³/mol. The van der Waals surface area contributed by atoms with E-state index < -0.39 is 36.0 Å². The number of rotatable bonds is 5. The molecule has 2 N–H and O–H groups in total. The number of carbonyl (C=O) groups is 4. The molecular weight excluding hydrogens is 456 g/mol. The van der Waals surface area contributed by atoms with Crippen molar-refractivity contribution < 1.29 is 23.9 Å². The summed E-state index contributed by atoms with van der Waals surface area (Å²) in [6.07, 6.45) is 10.3. The van der Waals surface area contributed by atoms with E-state index in [1.807, 2.05) is 29.1 Å². The maximum atomic E-state index is 13.1. The Morgan fingerprint density at radius 3 is 2.62 bits per heavy atom. The molecule has 0 radical (unpaired) electrons. The number of nitrogens with one attached hydrogen (secondary N) is 2. The minimum Gasteiger partial charge on any atom is -0.452 e. The van der Waals surface area contributed by atoms with Crippen LogP contribution in [0, 0.1) is 5.92 Å². The summed E-state index contributed by atoms with van der Waals surface area (Å²) in [4.78, 5) is 52.1. The van der Waals surface area contributed by atoms with Gasteiger partial charge >= 0.3 is 12.0 Å². The first-order valence-corrected chi connectivity index (χ1v) is 12.6. The van der Waals surface area contributed by atoms with Gasteiger partial charge < -0.3 is 14.6 Å². The van der Waals surface area contributed by atoms with Gasteiger partial charge in [0.25, 0.3) is 11.8 Å². The van der Waals surface area contributed by atoms with Crippen LogP contribution >= 0.6 is 11.3 Å². The summed E-state index contributed by atoms with van der Waals surface area (Å²) in [6.45, 7) is 1.53. The lowest BCUT2D eigenvalue weighted by Gasteiger charge is -2.33. The molecule has 2 aromatic rings. The Hall–Kier alpha value is -3.14. The largest absolute Gasteiger partial charge is 0.452 e. The lowest BCUT2D eigenvalue weighted by molar-refractivity contribution is -0.141. The third kappa shape index (κ3) is 4.00. The van der Waals surface area contributed by atoms with E-state index in [1.165, 1.54) is 4.88 Å². The van der Waals surface area contributed by atoms with Gasteiger partial charge in [0.05, 0.1) is 5.56 Å². The van der Waals surface area contributed by atoms with Gasteiger partial charge in [0.15, 0.2) is 6.61 Å². The minimum atomic E-state index is -0.949. The number of aromatic nitrogens is 1. The summed E-state index contributed by atoms with van der Waals surface area (Å²) in [6, 6.07) is 3.12. The fraction of sp³-hybridized carbons (Fsp3) is 0.500. The molecule has 9 nitrogen and oxygen atoms in total. The molecule has 180 valence electrons. The Bertz CT molecular complexity index is 1130. The van der Waals surface area contributed by atoms with E-state index in [-0.39, 0.29) is 0 Å². The molecule has 2 aliphatic carbocycles. The summed E-state index contributed by atoms with van der Waals surface area (Å²) < 4.78 is 7.24. The van der Waals surface area contributed by atoms with E-state index in [4.69, 9.17) is 4.74 Å². The molecule has 3 heterocycles.